The van der Waals surface area contributed by atoms with Crippen molar-refractivity contribution in [2.24, 2.45) is 7.05 Å². The molecule has 0 bridgehead atoms. The number of hydrogen-bond acceptors (Lipinski definition) is 4. The third-order valence-corrected chi connectivity index (χ3v) is 4.30. The third kappa shape index (κ3) is 3.40. The average Bonchev–Trinajstić information content (AvgIpc) is 2.91. The molecule has 0 saturated heterocycles. The van der Waals surface area contributed by atoms with Crippen molar-refractivity contribution >= 4 is 23.4 Å². The van der Waals surface area contributed by atoms with Crippen LogP contribution in [0.5, 0.6) is 0 Å². The minimum absolute atomic E-state index is 0.464. The van der Waals surface area contributed by atoms with Crippen molar-refractivity contribution in [3.05, 3.63) is 65.3 Å². The Morgan fingerprint density at radius 1 is 1.27 bits per heavy atom. The lowest BCUT2D eigenvalue weighted by Gasteiger charge is -2.09. The van der Waals surface area contributed by atoms with Crippen LogP contribution in [0.3, 0.4) is 0 Å². The smallest absolute Gasteiger partial charge is 0.139 e. The molecule has 3 aromatic heterocycles. The van der Waals surface area contributed by atoms with Gasteiger partial charge in [0.2, 0.25) is 0 Å². The van der Waals surface area contributed by atoms with Gasteiger partial charge in [-0.1, -0.05) is 29.4 Å². The first-order valence-electron chi connectivity index (χ1n) is 6.63. The Kier molecular flexibility index (Phi) is 4.31. The van der Waals surface area contributed by atoms with E-state index in [1.165, 1.54) is 11.8 Å². The van der Waals surface area contributed by atoms with E-state index < -0.39 is 0 Å². The lowest BCUT2D eigenvalue weighted by molar-refractivity contribution is 0.708. The summed E-state index contributed by atoms with van der Waals surface area (Å²) in [5, 5.41) is 13.0. The van der Waals surface area contributed by atoms with E-state index >= 15 is 0 Å². The molecule has 0 radical (unpaired) electrons. The van der Waals surface area contributed by atoms with E-state index in [-0.39, 0.29) is 0 Å². The number of halogens is 1. The summed E-state index contributed by atoms with van der Waals surface area (Å²) in [4.78, 5) is 5.97. The van der Waals surface area contributed by atoms with E-state index in [2.05, 4.69) is 10.1 Å². The van der Waals surface area contributed by atoms with Crippen LogP contribution in [0.2, 0.25) is 5.15 Å². The van der Waals surface area contributed by atoms with Crippen molar-refractivity contribution in [1.29, 1.82) is 5.41 Å². The summed E-state index contributed by atoms with van der Waals surface area (Å²) in [6, 6.07) is 7.56. The average molecular weight is 332 g/mol. The fraction of sp³-hybridized carbons (Fsp3) is 0.133. The molecular weight excluding hydrogens is 318 g/mol. The Labute approximate surface area is 137 Å². The molecule has 0 fully saturated rings. The number of hydrogen-bond donors (Lipinski definition) is 1. The summed E-state index contributed by atoms with van der Waals surface area (Å²) in [6.07, 6.45) is 7.36. The molecular formula is C15H14ClN5S. The molecule has 22 heavy (non-hydrogen) atoms. The van der Waals surface area contributed by atoms with Crippen LogP contribution in [-0.2, 0) is 13.6 Å². The molecule has 0 aliphatic rings. The standard InChI is InChI=1S/C15H14ClN5S/c1-20-10-12(8-19-20)22-13-3-2-6-21(15(13)17)9-11-4-5-14(16)18-7-11/h2-8,10,17H,9H2,1H3. The van der Waals surface area contributed by atoms with Gasteiger partial charge < -0.3 is 4.57 Å². The molecule has 0 atom stereocenters. The molecule has 0 aliphatic heterocycles. The maximum Gasteiger partial charge on any atom is 0.139 e. The third-order valence-electron chi connectivity index (χ3n) is 3.08. The van der Waals surface area contributed by atoms with Crippen molar-refractivity contribution in [2.75, 3.05) is 0 Å². The maximum atomic E-state index is 8.36. The van der Waals surface area contributed by atoms with Crippen LogP contribution in [0.25, 0.3) is 0 Å². The molecule has 0 amide bonds. The second-order valence-corrected chi connectivity index (χ2v) is 6.29. The highest BCUT2D eigenvalue weighted by atomic mass is 35.5. The van der Waals surface area contributed by atoms with Crippen molar-refractivity contribution in [2.45, 2.75) is 16.3 Å². The Morgan fingerprint density at radius 2 is 2.14 bits per heavy atom. The van der Waals surface area contributed by atoms with E-state index in [1.54, 1.807) is 23.1 Å². The summed E-state index contributed by atoms with van der Waals surface area (Å²) >= 11 is 7.33. The van der Waals surface area contributed by atoms with Crippen LogP contribution >= 0.6 is 23.4 Å². The molecule has 112 valence electrons. The number of nitrogens with zero attached hydrogens (tertiary/aromatic N) is 4. The van der Waals surface area contributed by atoms with E-state index in [9.17, 15) is 0 Å². The van der Waals surface area contributed by atoms with E-state index in [1.807, 2.05) is 42.2 Å². The van der Waals surface area contributed by atoms with Crippen molar-refractivity contribution in [3.63, 3.8) is 0 Å². The molecule has 1 N–H and O–H groups in total. The lowest BCUT2D eigenvalue weighted by Crippen LogP contribution is -2.21. The Balaban J connectivity index is 1.85. The van der Waals surface area contributed by atoms with E-state index in [0.29, 0.717) is 17.2 Å². The minimum Gasteiger partial charge on any atom is -0.328 e. The molecule has 0 aromatic carbocycles. The van der Waals surface area contributed by atoms with E-state index in [0.717, 1.165) is 15.4 Å². The zero-order chi connectivity index (χ0) is 15.5. The topological polar surface area (TPSA) is 59.5 Å². The summed E-state index contributed by atoms with van der Waals surface area (Å²) in [6.45, 7) is 0.588. The summed E-state index contributed by atoms with van der Waals surface area (Å²) in [7, 11) is 1.88. The molecule has 5 nitrogen and oxygen atoms in total. The molecule has 0 spiro atoms. The van der Waals surface area contributed by atoms with Crippen LogP contribution in [-0.4, -0.2) is 19.3 Å². The highest BCUT2D eigenvalue weighted by Crippen LogP contribution is 2.23. The number of nitrogens with one attached hydrogen (secondary N) is 1. The fourth-order valence-corrected chi connectivity index (χ4v) is 3.05. The monoisotopic (exact) mass is 331 g/mol. The quantitative estimate of drug-likeness (QED) is 0.748. The highest BCUT2D eigenvalue weighted by molar-refractivity contribution is 7.99. The Bertz CT molecular complexity index is 838. The largest absolute Gasteiger partial charge is 0.328 e. The Hall–Kier alpha value is -2.05. The van der Waals surface area contributed by atoms with Gasteiger partial charge in [-0.05, 0) is 23.8 Å². The van der Waals surface area contributed by atoms with Gasteiger partial charge in [-0.25, -0.2) is 4.98 Å². The second kappa shape index (κ2) is 6.37. The van der Waals surface area contributed by atoms with Crippen LogP contribution in [0.1, 0.15) is 5.56 Å². The number of aromatic nitrogens is 4. The number of aryl methyl sites for hydroxylation is 1. The van der Waals surface area contributed by atoms with Crippen LogP contribution < -0.4 is 5.49 Å². The first kappa shape index (κ1) is 14.9. The fourth-order valence-electron chi connectivity index (χ4n) is 2.02. The minimum atomic E-state index is 0.464. The zero-order valence-electron chi connectivity index (χ0n) is 11.9. The maximum absolute atomic E-state index is 8.36. The zero-order valence-corrected chi connectivity index (χ0v) is 13.5. The molecule has 0 unspecified atom stereocenters. The Morgan fingerprint density at radius 3 is 2.82 bits per heavy atom. The normalized spacial score (nSPS) is 10.8. The predicted octanol–water partition coefficient (Wildman–Crippen LogP) is 2.95. The van der Waals surface area contributed by atoms with Gasteiger partial charge in [-0.2, -0.15) is 5.10 Å². The molecule has 0 aliphatic carbocycles. The lowest BCUT2D eigenvalue weighted by atomic mass is 10.3. The first-order valence-corrected chi connectivity index (χ1v) is 7.82. The van der Waals surface area contributed by atoms with Crippen molar-refractivity contribution < 1.29 is 0 Å². The molecule has 3 aromatic rings. The van der Waals surface area contributed by atoms with Crippen LogP contribution in [0.15, 0.2) is 58.8 Å². The summed E-state index contributed by atoms with van der Waals surface area (Å²) in [5.41, 5.74) is 1.47. The number of rotatable bonds is 4. The summed E-state index contributed by atoms with van der Waals surface area (Å²) < 4.78 is 3.63. The van der Waals surface area contributed by atoms with Gasteiger partial charge in [0.05, 0.1) is 22.5 Å². The summed E-state index contributed by atoms with van der Waals surface area (Å²) in [5.74, 6) is 0. The van der Waals surface area contributed by atoms with Gasteiger partial charge in [-0.3, -0.25) is 10.1 Å². The number of pyridine rings is 2. The molecule has 3 heterocycles. The van der Waals surface area contributed by atoms with Crippen LogP contribution in [0, 0.1) is 5.41 Å². The first-order chi connectivity index (χ1) is 10.6. The van der Waals surface area contributed by atoms with Gasteiger partial charge in [0.15, 0.2) is 0 Å². The van der Waals surface area contributed by atoms with Gasteiger partial charge in [0.25, 0.3) is 0 Å². The van der Waals surface area contributed by atoms with Gasteiger partial charge in [-0.15, -0.1) is 0 Å². The van der Waals surface area contributed by atoms with Crippen molar-refractivity contribution in [1.82, 2.24) is 19.3 Å². The predicted molar refractivity (Wildman–Crippen MR) is 86.0 cm³/mol. The molecule has 7 heteroatoms. The van der Waals surface area contributed by atoms with Crippen LogP contribution in [0.4, 0.5) is 0 Å². The SMILES string of the molecule is Cn1cc(Sc2cccn(Cc3ccc(Cl)nc3)c2=N)cn1. The van der Waals surface area contributed by atoms with Gasteiger partial charge in [0.1, 0.15) is 10.6 Å². The van der Waals surface area contributed by atoms with Gasteiger partial charge >= 0.3 is 0 Å². The molecule has 0 saturated carbocycles. The van der Waals surface area contributed by atoms with Crippen molar-refractivity contribution in [3.8, 4) is 0 Å². The van der Waals surface area contributed by atoms with Gasteiger partial charge in [0, 0.05) is 25.6 Å². The van der Waals surface area contributed by atoms with E-state index in [4.69, 9.17) is 17.0 Å². The molecule has 3 rings (SSSR count). The second-order valence-electron chi connectivity index (χ2n) is 4.79. The highest BCUT2D eigenvalue weighted by Gasteiger charge is 2.05.